The molecule has 1 aromatic carbocycles. The highest BCUT2D eigenvalue weighted by molar-refractivity contribution is 6.09. The number of hydrogen-bond acceptors (Lipinski definition) is 4. The molecule has 5 heteroatoms. The Hall–Kier alpha value is -2.30. The first-order valence-corrected chi connectivity index (χ1v) is 6.64. The molecular formula is C15H16N2O3. The number of nitrogens with zero attached hydrogens (tertiary/aromatic N) is 2. The fraction of sp³-hybridized carbons (Fsp3) is 0.333. The van der Waals surface area contributed by atoms with E-state index in [0.29, 0.717) is 30.2 Å². The Morgan fingerprint density at radius 3 is 3.10 bits per heavy atom. The molecule has 0 amide bonds. The third-order valence-electron chi connectivity index (χ3n) is 3.49. The predicted octanol–water partition coefficient (Wildman–Crippen LogP) is 2.08. The zero-order chi connectivity index (χ0) is 14.1. The molecule has 1 aliphatic heterocycles. The molecule has 2 aromatic rings. The molecule has 0 atom stereocenters. The molecule has 20 heavy (non-hydrogen) atoms. The van der Waals surface area contributed by atoms with Crippen molar-refractivity contribution in [1.29, 1.82) is 0 Å². The quantitative estimate of drug-likeness (QED) is 0.800. The number of hydrogen-bond donors (Lipinski definition) is 0. The van der Waals surface area contributed by atoms with Gasteiger partial charge in [0, 0.05) is 18.5 Å². The van der Waals surface area contributed by atoms with Crippen LogP contribution in [0.5, 0.6) is 11.5 Å². The molecule has 0 saturated heterocycles. The molecule has 0 bridgehead atoms. The van der Waals surface area contributed by atoms with Crippen molar-refractivity contribution < 1.29 is 14.3 Å². The van der Waals surface area contributed by atoms with E-state index in [1.54, 1.807) is 24.1 Å². The van der Waals surface area contributed by atoms with Gasteiger partial charge < -0.3 is 9.47 Å². The van der Waals surface area contributed by atoms with E-state index >= 15 is 0 Å². The summed E-state index contributed by atoms with van der Waals surface area (Å²) in [6, 6.07) is 5.55. The molecule has 0 unspecified atom stereocenters. The highest BCUT2D eigenvalue weighted by Gasteiger charge is 2.22. The maximum atomic E-state index is 12.7. The van der Waals surface area contributed by atoms with Crippen LogP contribution in [-0.4, -0.2) is 29.3 Å². The number of ether oxygens (including phenoxy) is 2. The van der Waals surface area contributed by atoms with Crippen molar-refractivity contribution >= 4 is 5.78 Å². The SMILES string of the molecule is CCn1ncc(OC)c1C(=O)c1ccc2c(c1)CCO2. The van der Waals surface area contributed by atoms with Gasteiger partial charge in [0.1, 0.15) is 5.75 Å². The van der Waals surface area contributed by atoms with Gasteiger partial charge in [0.05, 0.1) is 19.9 Å². The summed E-state index contributed by atoms with van der Waals surface area (Å²) in [5, 5.41) is 4.17. The maximum Gasteiger partial charge on any atom is 0.214 e. The van der Waals surface area contributed by atoms with Gasteiger partial charge in [-0.05, 0) is 30.7 Å². The minimum Gasteiger partial charge on any atom is -0.493 e. The molecule has 104 valence electrons. The third kappa shape index (κ3) is 1.95. The molecule has 3 rings (SSSR count). The number of carbonyl (C=O) groups excluding carboxylic acids is 1. The fourth-order valence-corrected chi connectivity index (χ4v) is 2.45. The van der Waals surface area contributed by atoms with Crippen molar-refractivity contribution in [2.75, 3.05) is 13.7 Å². The van der Waals surface area contributed by atoms with Gasteiger partial charge in [0.25, 0.3) is 0 Å². The first-order valence-electron chi connectivity index (χ1n) is 6.64. The number of fused-ring (bicyclic) bond motifs is 1. The number of methoxy groups -OCH3 is 1. The van der Waals surface area contributed by atoms with E-state index in [1.807, 2.05) is 19.1 Å². The lowest BCUT2D eigenvalue weighted by Gasteiger charge is -2.07. The largest absolute Gasteiger partial charge is 0.493 e. The smallest absolute Gasteiger partial charge is 0.214 e. The minimum absolute atomic E-state index is 0.0732. The second kappa shape index (κ2) is 5.00. The molecule has 0 saturated carbocycles. The van der Waals surface area contributed by atoms with Gasteiger partial charge in [-0.2, -0.15) is 5.10 Å². The molecule has 0 N–H and O–H groups in total. The van der Waals surface area contributed by atoms with Gasteiger partial charge in [0.2, 0.25) is 5.78 Å². The van der Waals surface area contributed by atoms with Gasteiger partial charge in [-0.15, -0.1) is 0 Å². The summed E-state index contributed by atoms with van der Waals surface area (Å²) in [7, 11) is 1.55. The topological polar surface area (TPSA) is 53.4 Å². The number of aromatic nitrogens is 2. The number of benzene rings is 1. The van der Waals surface area contributed by atoms with Crippen LogP contribution in [0.4, 0.5) is 0 Å². The number of carbonyl (C=O) groups is 1. The van der Waals surface area contributed by atoms with Crippen LogP contribution in [-0.2, 0) is 13.0 Å². The average molecular weight is 272 g/mol. The van der Waals surface area contributed by atoms with Crippen LogP contribution in [0.15, 0.2) is 24.4 Å². The van der Waals surface area contributed by atoms with Crippen LogP contribution in [0.25, 0.3) is 0 Å². The summed E-state index contributed by atoms with van der Waals surface area (Å²) in [6.45, 7) is 3.25. The lowest BCUT2D eigenvalue weighted by molar-refractivity contribution is 0.102. The summed E-state index contributed by atoms with van der Waals surface area (Å²) in [6.07, 6.45) is 2.42. The van der Waals surface area contributed by atoms with E-state index in [9.17, 15) is 4.79 Å². The maximum absolute atomic E-state index is 12.7. The number of aryl methyl sites for hydroxylation is 1. The second-order valence-electron chi connectivity index (χ2n) is 4.63. The zero-order valence-electron chi connectivity index (χ0n) is 11.5. The van der Waals surface area contributed by atoms with E-state index in [2.05, 4.69) is 5.10 Å². The highest BCUT2D eigenvalue weighted by Crippen LogP contribution is 2.28. The highest BCUT2D eigenvalue weighted by atomic mass is 16.5. The molecule has 1 aromatic heterocycles. The Kier molecular flexibility index (Phi) is 3.18. The second-order valence-corrected chi connectivity index (χ2v) is 4.63. The van der Waals surface area contributed by atoms with Crippen LogP contribution < -0.4 is 9.47 Å². The van der Waals surface area contributed by atoms with Crippen LogP contribution in [0.1, 0.15) is 28.5 Å². The summed E-state index contributed by atoms with van der Waals surface area (Å²) in [5.41, 5.74) is 2.22. The van der Waals surface area contributed by atoms with Crippen LogP contribution >= 0.6 is 0 Å². The summed E-state index contributed by atoms with van der Waals surface area (Å²) in [5.74, 6) is 1.31. The van der Waals surface area contributed by atoms with Crippen molar-refractivity contribution in [3.05, 3.63) is 41.2 Å². The average Bonchev–Trinajstić information content (AvgIpc) is 3.11. The van der Waals surface area contributed by atoms with Crippen LogP contribution in [0.3, 0.4) is 0 Å². The Bertz CT molecular complexity index is 640. The Labute approximate surface area is 117 Å². The lowest BCUT2D eigenvalue weighted by atomic mass is 10.0. The minimum atomic E-state index is -0.0732. The van der Waals surface area contributed by atoms with Crippen LogP contribution in [0.2, 0.25) is 0 Å². The Balaban J connectivity index is 2.02. The molecule has 2 heterocycles. The molecular weight excluding hydrogens is 256 g/mol. The first-order chi connectivity index (χ1) is 9.74. The normalized spacial score (nSPS) is 12.9. The van der Waals surface area contributed by atoms with Crippen molar-refractivity contribution in [2.45, 2.75) is 19.9 Å². The van der Waals surface area contributed by atoms with E-state index in [-0.39, 0.29) is 5.78 Å². The predicted molar refractivity (Wildman–Crippen MR) is 73.5 cm³/mol. The summed E-state index contributed by atoms with van der Waals surface area (Å²) in [4.78, 5) is 12.7. The van der Waals surface area contributed by atoms with E-state index in [0.717, 1.165) is 17.7 Å². The van der Waals surface area contributed by atoms with Crippen molar-refractivity contribution in [2.24, 2.45) is 0 Å². The van der Waals surface area contributed by atoms with Gasteiger partial charge in [-0.25, -0.2) is 0 Å². The summed E-state index contributed by atoms with van der Waals surface area (Å²) >= 11 is 0. The molecule has 0 spiro atoms. The Morgan fingerprint density at radius 1 is 1.50 bits per heavy atom. The van der Waals surface area contributed by atoms with Crippen molar-refractivity contribution in [1.82, 2.24) is 9.78 Å². The first kappa shape index (κ1) is 12.7. The molecule has 0 radical (unpaired) electrons. The molecule has 5 nitrogen and oxygen atoms in total. The van der Waals surface area contributed by atoms with Crippen molar-refractivity contribution in [3.8, 4) is 11.5 Å². The fourth-order valence-electron chi connectivity index (χ4n) is 2.45. The third-order valence-corrected chi connectivity index (χ3v) is 3.49. The number of rotatable bonds is 4. The summed E-state index contributed by atoms with van der Waals surface area (Å²) < 4.78 is 12.4. The van der Waals surface area contributed by atoms with E-state index in [1.165, 1.54) is 0 Å². The van der Waals surface area contributed by atoms with Gasteiger partial charge in [-0.1, -0.05) is 0 Å². The monoisotopic (exact) mass is 272 g/mol. The standard InChI is InChI=1S/C15H16N2O3/c1-3-17-14(13(19-2)9-16-17)15(18)11-4-5-12-10(8-11)6-7-20-12/h4-5,8-9H,3,6-7H2,1-2H3. The molecule has 0 fully saturated rings. The van der Waals surface area contributed by atoms with Crippen molar-refractivity contribution in [3.63, 3.8) is 0 Å². The van der Waals surface area contributed by atoms with Gasteiger partial charge >= 0.3 is 0 Å². The van der Waals surface area contributed by atoms with Gasteiger partial charge in [-0.3, -0.25) is 9.48 Å². The zero-order valence-corrected chi connectivity index (χ0v) is 11.5. The lowest BCUT2D eigenvalue weighted by Crippen LogP contribution is -2.12. The van der Waals surface area contributed by atoms with E-state index in [4.69, 9.17) is 9.47 Å². The van der Waals surface area contributed by atoms with Crippen LogP contribution in [0, 0.1) is 0 Å². The molecule has 0 aliphatic carbocycles. The van der Waals surface area contributed by atoms with Gasteiger partial charge in [0.15, 0.2) is 11.4 Å². The van der Waals surface area contributed by atoms with E-state index < -0.39 is 0 Å². The number of ketones is 1. The Morgan fingerprint density at radius 2 is 2.35 bits per heavy atom. The molecule has 1 aliphatic rings.